The molecule has 0 bridgehead atoms. The highest BCUT2D eigenvalue weighted by Crippen LogP contribution is 2.67. The Kier molecular flexibility index (Phi) is 6.99. The third kappa shape index (κ3) is 4.55. The molecule has 2 heterocycles. The Morgan fingerprint density at radius 3 is 2.68 bits per heavy atom. The summed E-state index contributed by atoms with van der Waals surface area (Å²) in [6.07, 6.45) is 15.6. The van der Waals surface area contributed by atoms with Gasteiger partial charge in [-0.15, -0.1) is 0 Å². The summed E-state index contributed by atoms with van der Waals surface area (Å²) in [6, 6.07) is 3.56. The highest BCUT2D eigenvalue weighted by Gasteiger charge is 2.58. The molecule has 4 fully saturated rings. The van der Waals surface area contributed by atoms with E-state index in [-0.39, 0.29) is 23.2 Å². The molecule has 3 saturated carbocycles. The second-order valence-corrected chi connectivity index (χ2v) is 13.6. The lowest BCUT2D eigenvalue weighted by Gasteiger charge is -2.59. The summed E-state index contributed by atoms with van der Waals surface area (Å²) in [5.74, 6) is 2.42. The monoisotopic (exact) mass is 522 g/mol. The van der Waals surface area contributed by atoms with E-state index in [0.717, 1.165) is 70.6 Å². The second-order valence-electron chi connectivity index (χ2n) is 13.6. The van der Waals surface area contributed by atoms with E-state index in [1.54, 1.807) is 17.9 Å². The van der Waals surface area contributed by atoms with E-state index in [4.69, 9.17) is 9.15 Å². The first-order chi connectivity index (χ1) is 18.3. The first-order valence-corrected chi connectivity index (χ1v) is 15.2. The van der Waals surface area contributed by atoms with Gasteiger partial charge in [-0.3, -0.25) is 0 Å². The maximum Gasteiger partial charge on any atom is 0.410 e. The third-order valence-electron chi connectivity index (χ3n) is 11.6. The van der Waals surface area contributed by atoms with Crippen molar-refractivity contribution in [2.45, 2.75) is 90.1 Å². The number of hydrogen-bond acceptors (Lipinski definition) is 5. The molecule has 7 unspecified atom stereocenters. The van der Waals surface area contributed by atoms with Gasteiger partial charge in [0.25, 0.3) is 0 Å². The average molecular weight is 523 g/mol. The van der Waals surface area contributed by atoms with E-state index < -0.39 is 0 Å². The number of ether oxygens (including phenoxy) is 1. The number of amides is 1. The largest absolute Gasteiger partial charge is 0.446 e. The fourth-order valence-corrected chi connectivity index (χ4v) is 9.33. The molecule has 6 nitrogen and oxygen atoms in total. The number of rotatable bonds is 2. The highest BCUT2D eigenvalue weighted by molar-refractivity contribution is 5.67. The smallest absolute Gasteiger partial charge is 0.410 e. The number of allylic oxidation sites excluding steroid dienone is 2. The van der Waals surface area contributed by atoms with Gasteiger partial charge in [-0.05, 0) is 124 Å². The molecule has 38 heavy (non-hydrogen) atoms. The molecule has 6 rings (SSSR count). The fourth-order valence-electron chi connectivity index (χ4n) is 9.33. The summed E-state index contributed by atoms with van der Waals surface area (Å²) < 4.78 is 11.4. The van der Waals surface area contributed by atoms with Gasteiger partial charge in [0.05, 0.1) is 6.26 Å². The molecule has 1 saturated heterocycles. The number of carbonyl (C=O) groups is 1. The van der Waals surface area contributed by atoms with Gasteiger partial charge in [0.1, 0.15) is 6.10 Å². The predicted molar refractivity (Wildman–Crippen MR) is 148 cm³/mol. The molecule has 208 valence electrons. The molecular weight excluding hydrogens is 476 g/mol. The van der Waals surface area contributed by atoms with Crippen LogP contribution in [0.5, 0.6) is 0 Å². The summed E-state index contributed by atoms with van der Waals surface area (Å²) in [5, 5.41) is 0. The van der Waals surface area contributed by atoms with E-state index in [1.807, 2.05) is 11.0 Å². The van der Waals surface area contributed by atoms with Gasteiger partial charge in [-0.1, -0.05) is 25.5 Å². The SMILES string of the molecule is CN1CCCCN(C(=O)OC2CCC3(C)C(CCC4C5=CCC(c6ccc(=O)oc6)C5(C)CCC43)C2)CC1. The molecule has 0 N–H and O–H groups in total. The van der Waals surface area contributed by atoms with Crippen LogP contribution in [0.1, 0.15) is 89.5 Å². The van der Waals surface area contributed by atoms with Crippen molar-refractivity contribution in [2.24, 2.45) is 28.6 Å². The van der Waals surface area contributed by atoms with Gasteiger partial charge in [0.2, 0.25) is 0 Å². The summed E-state index contributed by atoms with van der Waals surface area (Å²) in [5.41, 5.74) is 3.08. The minimum absolute atomic E-state index is 0.0666. The van der Waals surface area contributed by atoms with Gasteiger partial charge in [-0.25, -0.2) is 9.59 Å². The van der Waals surface area contributed by atoms with E-state index in [1.165, 1.54) is 31.2 Å². The summed E-state index contributed by atoms with van der Waals surface area (Å²) in [6.45, 7) is 8.67. The molecule has 5 aliphatic rings. The van der Waals surface area contributed by atoms with Crippen LogP contribution in [0.25, 0.3) is 0 Å². The Labute approximate surface area is 227 Å². The van der Waals surface area contributed by atoms with Gasteiger partial charge in [0, 0.05) is 25.7 Å². The van der Waals surface area contributed by atoms with Gasteiger partial charge in [-0.2, -0.15) is 0 Å². The van der Waals surface area contributed by atoms with Gasteiger partial charge in [0.15, 0.2) is 0 Å². The minimum atomic E-state index is -0.268. The summed E-state index contributed by atoms with van der Waals surface area (Å²) in [4.78, 5) is 28.9. The molecule has 4 aliphatic carbocycles. The van der Waals surface area contributed by atoms with Crippen LogP contribution in [-0.2, 0) is 4.74 Å². The van der Waals surface area contributed by atoms with Crippen molar-refractivity contribution in [1.82, 2.24) is 9.80 Å². The third-order valence-corrected chi connectivity index (χ3v) is 11.6. The van der Waals surface area contributed by atoms with Crippen molar-refractivity contribution in [3.05, 3.63) is 46.0 Å². The van der Waals surface area contributed by atoms with Crippen LogP contribution in [-0.4, -0.2) is 55.2 Å². The average Bonchev–Trinajstić information content (AvgIpc) is 3.24. The van der Waals surface area contributed by atoms with Crippen molar-refractivity contribution >= 4 is 6.09 Å². The Balaban J connectivity index is 1.11. The Hall–Kier alpha value is -2.08. The maximum atomic E-state index is 13.1. The quantitative estimate of drug-likeness (QED) is 0.432. The van der Waals surface area contributed by atoms with Crippen LogP contribution >= 0.6 is 0 Å². The van der Waals surface area contributed by atoms with Gasteiger partial charge < -0.3 is 19.0 Å². The molecule has 1 aromatic rings. The summed E-state index contributed by atoms with van der Waals surface area (Å²) >= 11 is 0. The molecule has 0 spiro atoms. The molecule has 0 aromatic carbocycles. The van der Waals surface area contributed by atoms with Crippen LogP contribution in [0.15, 0.2) is 39.3 Å². The van der Waals surface area contributed by atoms with Gasteiger partial charge >= 0.3 is 11.7 Å². The number of nitrogens with zero attached hydrogens (tertiary/aromatic N) is 2. The van der Waals surface area contributed by atoms with Crippen molar-refractivity contribution < 1.29 is 13.9 Å². The van der Waals surface area contributed by atoms with Crippen LogP contribution in [0.3, 0.4) is 0 Å². The normalized spacial score (nSPS) is 39.7. The molecule has 7 atom stereocenters. The van der Waals surface area contributed by atoms with Crippen molar-refractivity contribution in [1.29, 1.82) is 0 Å². The van der Waals surface area contributed by atoms with Crippen LogP contribution < -0.4 is 5.63 Å². The predicted octanol–water partition coefficient (Wildman–Crippen LogP) is 6.22. The number of hydrogen-bond donors (Lipinski definition) is 0. The first-order valence-electron chi connectivity index (χ1n) is 15.2. The van der Waals surface area contributed by atoms with Crippen LogP contribution in [0.4, 0.5) is 4.79 Å². The lowest BCUT2D eigenvalue weighted by atomic mass is 9.46. The molecule has 0 radical (unpaired) electrons. The lowest BCUT2D eigenvalue weighted by Crippen LogP contribution is -2.52. The zero-order chi connectivity index (χ0) is 26.5. The summed E-state index contributed by atoms with van der Waals surface area (Å²) in [7, 11) is 2.14. The van der Waals surface area contributed by atoms with Crippen molar-refractivity contribution in [3.63, 3.8) is 0 Å². The van der Waals surface area contributed by atoms with E-state index >= 15 is 0 Å². The zero-order valence-corrected chi connectivity index (χ0v) is 23.6. The van der Waals surface area contributed by atoms with E-state index in [0.29, 0.717) is 23.2 Å². The molecule has 1 aromatic heterocycles. The van der Waals surface area contributed by atoms with Crippen LogP contribution in [0.2, 0.25) is 0 Å². The fraction of sp³-hybridized carbons (Fsp3) is 0.750. The molecule has 1 amide bonds. The Bertz CT molecular complexity index is 1110. The maximum absolute atomic E-state index is 13.1. The minimum Gasteiger partial charge on any atom is -0.446 e. The number of likely N-dealkylation sites (N-methyl/N-ethyl adjacent to an activating group) is 1. The topological polar surface area (TPSA) is 63.0 Å². The Morgan fingerprint density at radius 2 is 1.87 bits per heavy atom. The molecule has 6 heteroatoms. The van der Waals surface area contributed by atoms with E-state index in [2.05, 4.69) is 31.9 Å². The first kappa shape index (κ1) is 26.2. The molecular formula is C32H46N2O4. The second kappa shape index (κ2) is 10.1. The number of fused-ring (bicyclic) bond motifs is 5. The standard InChI is InChI=1S/C32H46N2O4/c1-31-14-12-24(38-30(36)34-17-5-4-16-33(3)18-19-34)20-23(31)7-8-25-27-10-9-26(22-6-11-29(35)37-21-22)32(27,2)15-13-28(25)31/h6,10-11,21,23-26,28H,4-5,7-9,12-20H2,1-3H3. The van der Waals surface area contributed by atoms with Crippen molar-refractivity contribution in [3.8, 4) is 0 Å². The van der Waals surface area contributed by atoms with E-state index in [9.17, 15) is 9.59 Å². The van der Waals surface area contributed by atoms with Crippen LogP contribution in [0, 0.1) is 28.6 Å². The highest BCUT2D eigenvalue weighted by atomic mass is 16.6. The molecule has 1 aliphatic heterocycles. The number of carbonyl (C=O) groups excluding carboxylic acids is 1. The Morgan fingerprint density at radius 1 is 1.03 bits per heavy atom. The zero-order valence-electron chi connectivity index (χ0n) is 23.6. The van der Waals surface area contributed by atoms with Crippen molar-refractivity contribution in [2.75, 3.05) is 33.2 Å². The lowest BCUT2D eigenvalue weighted by molar-refractivity contribution is -0.0873.